The van der Waals surface area contributed by atoms with Gasteiger partial charge in [0.25, 0.3) is 0 Å². The molecule has 0 heterocycles. The van der Waals surface area contributed by atoms with E-state index in [1.54, 1.807) is 0 Å². The van der Waals surface area contributed by atoms with E-state index in [0.29, 0.717) is 12.5 Å². The normalized spacial score (nSPS) is 12.9. The van der Waals surface area contributed by atoms with Gasteiger partial charge in [0, 0.05) is 0 Å². The topological polar surface area (TPSA) is 46.5 Å². The molecular formula is C4H14AlO3P. The van der Waals surface area contributed by atoms with Crippen molar-refractivity contribution < 1.29 is 14.0 Å². The maximum Gasteiger partial charge on any atom is 0.316 e. The lowest BCUT2D eigenvalue weighted by molar-refractivity contribution is 0.248. The van der Waals surface area contributed by atoms with E-state index < -0.39 is 8.25 Å². The van der Waals surface area contributed by atoms with Gasteiger partial charge < -0.3 is 9.42 Å². The molecule has 1 atom stereocenters. The molecule has 0 aromatic heterocycles. The molecule has 0 radical (unpaired) electrons. The third-order valence-corrected chi connectivity index (χ3v) is 0.954. The summed E-state index contributed by atoms with van der Waals surface area (Å²) in [6, 6.07) is 0. The Morgan fingerprint density at radius 2 is 2.11 bits per heavy atom. The molecular weight excluding hydrogens is 154 g/mol. The summed E-state index contributed by atoms with van der Waals surface area (Å²) in [5, 5.41) is 0. The van der Waals surface area contributed by atoms with E-state index in [0.717, 1.165) is 0 Å². The van der Waals surface area contributed by atoms with E-state index in [1.165, 1.54) is 0 Å². The molecule has 0 saturated carbocycles. The Labute approximate surface area is 66.5 Å². The number of rotatable bonds is 3. The molecule has 56 valence electrons. The highest BCUT2D eigenvalue weighted by Crippen LogP contribution is 2.15. The van der Waals surface area contributed by atoms with E-state index in [1.807, 2.05) is 13.8 Å². The van der Waals surface area contributed by atoms with Gasteiger partial charge >= 0.3 is 8.25 Å². The van der Waals surface area contributed by atoms with Crippen LogP contribution in [0.25, 0.3) is 0 Å². The van der Waals surface area contributed by atoms with E-state index in [4.69, 9.17) is 4.89 Å². The van der Waals surface area contributed by atoms with Crippen LogP contribution < -0.4 is 0 Å². The first-order valence-electron chi connectivity index (χ1n) is 2.48. The average molecular weight is 168 g/mol. The van der Waals surface area contributed by atoms with Gasteiger partial charge in [0.1, 0.15) is 0 Å². The maximum absolute atomic E-state index is 9.87. The first kappa shape index (κ1) is 12.4. The van der Waals surface area contributed by atoms with E-state index >= 15 is 0 Å². The summed E-state index contributed by atoms with van der Waals surface area (Å²) < 4.78 is 14.3. The summed E-state index contributed by atoms with van der Waals surface area (Å²) in [6.07, 6.45) is 0. The Bertz CT molecular complexity index is 85.9. The predicted octanol–water partition coefficient (Wildman–Crippen LogP) is -0.143. The molecule has 3 nitrogen and oxygen atoms in total. The fourth-order valence-electron chi connectivity index (χ4n) is 0.238. The van der Waals surface area contributed by atoms with Crippen molar-refractivity contribution in [3.05, 3.63) is 0 Å². The van der Waals surface area contributed by atoms with Gasteiger partial charge in [0.15, 0.2) is 17.4 Å². The second-order valence-corrected chi connectivity index (χ2v) is 2.79. The molecule has 0 spiro atoms. The van der Waals surface area contributed by atoms with Crippen LogP contribution in [0.1, 0.15) is 13.8 Å². The largest absolute Gasteiger partial charge is 0.326 e. The van der Waals surface area contributed by atoms with Crippen LogP contribution in [-0.4, -0.2) is 28.9 Å². The molecule has 0 bridgehead atoms. The molecule has 0 saturated heterocycles. The third kappa shape index (κ3) is 12.0. The van der Waals surface area contributed by atoms with Crippen molar-refractivity contribution in [1.82, 2.24) is 0 Å². The van der Waals surface area contributed by atoms with E-state index in [-0.39, 0.29) is 17.4 Å². The van der Waals surface area contributed by atoms with Gasteiger partial charge in [-0.15, -0.1) is 0 Å². The summed E-state index contributed by atoms with van der Waals surface area (Å²) in [6.45, 7) is 4.21. The van der Waals surface area contributed by atoms with Crippen molar-refractivity contribution in [2.24, 2.45) is 5.92 Å². The van der Waals surface area contributed by atoms with Crippen molar-refractivity contribution in [2.75, 3.05) is 6.61 Å². The second-order valence-electron chi connectivity index (χ2n) is 1.97. The summed E-state index contributed by atoms with van der Waals surface area (Å²) in [4.78, 5) is 8.13. The van der Waals surface area contributed by atoms with Gasteiger partial charge in [-0.2, -0.15) is 0 Å². The molecule has 9 heavy (non-hydrogen) atoms. The Morgan fingerprint density at radius 3 is 2.22 bits per heavy atom. The zero-order valence-corrected chi connectivity index (χ0v) is 6.05. The standard InChI is InChI=1S/C4H11O3P.Al.3H/c1-4(2)3-7-8(5)6;;;;/h4,8H,3H2,1-2H3,(H,5,6);;;;. The maximum atomic E-state index is 9.87. The van der Waals surface area contributed by atoms with Gasteiger partial charge in [-0.25, -0.2) is 0 Å². The van der Waals surface area contributed by atoms with Gasteiger partial charge in [-0.1, -0.05) is 13.8 Å². The van der Waals surface area contributed by atoms with Gasteiger partial charge in [-0.3, -0.25) is 4.57 Å². The van der Waals surface area contributed by atoms with Crippen molar-refractivity contribution >= 4 is 25.6 Å². The average Bonchev–Trinajstić information content (AvgIpc) is 1.61. The van der Waals surface area contributed by atoms with Crippen LogP contribution >= 0.6 is 8.25 Å². The molecule has 5 heteroatoms. The Morgan fingerprint density at radius 1 is 1.67 bits per heavy atom. The summed E-state index contributed by atoms with van der Waals surface area (Å²) in [5.74, 6) is 0.330. The van der Waals surface area contributed by atoms with Crippen LogP contribution in [0.3, 0.4) is 0 Å². The van der Waals surface area contributed by atoms with Crippen LogP contribution in [0, 0.1) is 5.92 Å². The molecule has 0 fully saturated rings. The molecule has 0 aliphatic heterocycles. The quantitative estimate of drug-likeness (QED) is 0.471. The van der Waals surface area contributed by atoms with Crippen molar-refractivity contribution in [1.29, 1.82) is 0 Å². The smallest absolute Gasteiger partial charge is 0.316 e. The lowest BCUT2D eigenvalue weighted by Gasteiger charge is -2.00. The highest BCUT2D eigenvalue weighted by Gasteiger charge is 1.94. The molecule has 1 unspecified atom stereocenters. The fourth-order valence-corrected chi connectivity index (χ4v) is 0.714. The summed E-state index contributed by atoms with van der Waals surface area (Å²) >= 11 is 0. The highest BCUT2D eigenvalue weighted by atomic mass is 31.1. The SMILES string of the molecule is CC(C)CO[PH](=O)O.[AlH3]. The van der Waals surface area contributed by atoms with Crippen LogP contribution in [-0.2, 0) is 9.09 Å². The van der Waals surface area contributed by atoms with Crippen molar-refractivity contribution in [3.8, 4) is 0 Å². The van der Waals surface area contributed by atoms with Crippen LogP contribution in [0.2, 0.25) is 0 Å². The van der Waals surface area contributed by atoms with E-state index in [2.05, 4.69) is 4.52 Å². The minimum atomic E-state index is -2.68. The fraction of sp³-hybridized carbons (Fsp3) is 1.00. The molecule has 0 amide bonds. The first-order chi connectivity index (χ1) is 3.63. The van der Waals surface area contributed by atoms with Crippen LogP contribution in [0.5, 0.6) is 0 Å². The summed E-state index contributed by atoms with van der Waals surface area (Å²) in [7, 11) is -2.68. The highest BCUT2D eigenvalue weighted by molar-refractivity contribution is 7.32. The molecule has 0 aliphatic carbocycles. The Balaban J connectivity index is 0. The first-order valence-corrected chi connectivity index (χ1v) is 3.75. The number of hydrogen-bond donors (Lipinski definition) is 1. The van der Waals surface area contributed by atoms with Gasteiger partial charge in [0.05, 0.1) is 6.61 Å². The van der Waals surface area contributed by atoms with E-state index in [9.17, 15) is 4.57 Å². The zero-order chi connectivity index (χ0) is 6.57. The Kier molecular flexibility index (Phi) is 9.34. The summed E-state index contributed by atoms with van der Waals surface area (Å²) in [5.41, 5.74) is 0. The molecule has 1 N–H and O–H groups in total. The van der Waals surface area contributed by atoms with Crippen LogP contribution in [0.15, 0.2) is 0 Å². The lowest BCUT2D eigenvalue weighted by Crippen LogP contribution is -1.95. The van der Waals surface area contributed by atoms with Crippen molar-refractivity contribution in [2.45, 2.75) is 13.8 Å². The number of hydrogen-bond acceptors (Lipinski definition) is 2. The molecule has 0 rings (SSSR count). The predicted molar refractivity (Wildman–Crippen MR) is 41.9 cm³/mol. The Hall–Kier alpha value is 0.682. The molecule has 0 aliphatic rings. The van der Waals surface area contributed by atoms with Gasteiger partial charge in [-0.05, 0) is 5.92 Å². The third-order valence-electron chi connectivity index (χ3n) is 0.540. The van der Waals surface area contributed by atoms with Crippen molar-refractivity contribution in [3.63, 3.8) is 0 Å². The monoisotopic (exact) mass is 168 g/mol. The van der Waals surface area contributed by atoms with Crippen LogP contribution in [0.4, 0.5) is 0 Å². The zero-order valence-electron chi connectivity index (χ0n) is 5.05. The minimum Gasteiger partial charge on any atom is -0.326 e. The second kappa shape index (κ2) is 6.80. The lowest BCUT2D eigenvalue weighted by atomic mass is 10.2. The molecule has 0 aromatic carbocycles. The minimum absolute atomic E-state index is 0. The molecule has 0 aromatic rings. The van der Waals surface area contributed by atoms with Gasteiger partial charge in [0.2, 0.25) is 0 Å².